The summed E-state index contributed by atoms with van der Waals surface area (Å²) in [6.45, 7) is -0.0362. The molecule has 3 N–H and O–H groups in total. The Labute approximate surface area is 53.4 Å². The maximum atomic E-state index is 8.60. The van der Waals surface area contributed by atoms with Crippen LogP contribution in [0.4, 0.5) is 0 Å². The summed E-state index contributed by atoms with van der Waals surface area (Å²) in [6.07, 6.45) is 4.49. The normalized spacial score (nSPS) is 25.1. The first-order valence-electron chi connectivity index (χ1n) is 2.72. The molecule has 0 amide bonds. The minimum Gasteiger partial charge on any atom is -0.479 e. The number of hydrogen-bond donors (Lipinski definition) is 2. The van der Waals surface area contributed by atoms with Crippen molar-refractivity contribution in [3.05, 3.63) is 24.0 Å². The van der Waals surface area contributed by atoms with Crippen molar-refractivity contribution in [2.45, 2.75) is 6.23 Å². The molecule has 0 spiro atoms. The van der Waals surface area contributed by atoms with E-state index in [9.17, 15) is 0 Å². The maximum absolute atomic E-state index is 8.60. The molecule has 0 aliphatic carbocycles. The molecule has 1 aliphatic rings. The Balaban J connectivity index is 2.63. The lowest BCUT2D eigenvalue weighted by atomic mass is 10.2. The molecule has 0 fully saturated rings. The number of aliphatic hydroxyl groups excluding tert-OH is 1. The first-order valence-corrected chi connectivity index (χ1v) is 2.72. The van der Waals surface area contributed by atoms with Crippen LogP contribution in [-0.4, -0.2) is 17.9 Å². The summed E-state index contributed by atoms with van der Waals surface area (Å²) in [5.74, 6) is 0. The molecular formula is C6H9NO2. The average molecular weight is 127 g/mol. The number of ether oxygens (including phenoxy) is 1. The van der Waals surface area contributed by atoms with Crippen molar-refractivity contribution in [2.24, 2.45) is 5.73 Å². The van der Waals surface area contributed by atoms with Crippen LogP contribution < -0.4 is 5.73 Å². The van der Waals surface area contributed by atoms with Gasteiger partial charge in [0.25, 0.3) is 0 Å². The number of allylic oxidation sites excluding steroid dienone is 2. The summed E-state index contributed by atoms with van der Waals surface area (Å²) in [5, 5.41) is 8.60. The van der Waals surface area contributed by atoms with Gasteiger partial charge in [-0.2, -0.15) is 0 Å². The third-order valence-corrected chi connectivity index (χ3v) is 1.16. The van der Waals surface area contributed by atoms with Crippen molar-refractivity contribution < 1.29 is 9.84 Å². The van der Waals surface area contributed by atoms with E-state index >= 15 is 0 Å². The van der Waals surface area contributed by atoms with Crippen LogP contribution in [0.25, 0.3) is 0 Å². The van der Waals surface area contributed by atoms with E-state index in [2.05, 4.69) is 0 Å². The monoisotopic (exact) mass is 127 g/mol. The van der Waals surface area contributed by atoms with E-state index in [0.29, 0.717) is 5.57 Å². The smallest absolute Gasteiger partial charge is 0.171 e. The van der Waals surface area contributed by atoms with Crippen LogP contribution in [0, 0.1) is 0 Å². The van der Waals surface area contributed by atoms with Gasteiger partial charge in [0.1, 0.15) is 0 Å². The topological polar surface area (TPSA) is 55.5 Å². The zero-order chi connectivity index (χ0) is 6.69. The van der Waals surface area contributed by atoms with Crippen LogP contribution in [0.1, 0.15) is 0 Å². The van der Waals surface area contributed by atoms with Gasteiger partial charge in [0.2, 0.25) is 0 Å². The average Bonchev–Trinajstić information content (AvgIpc) is 1.89. The van der Waals surface area contributed by atoms with Gasteiger partial charge in [0, 0.05) is 5.57 Å². The van der Waals surface area contributed by atoms with Crippen molar-refractivity contribution in [3.8, 4) is 0 Å². The Morgan fingerprint density at radius 2 is 2.56 bits per heavy atom. The van der Waals surface area contributed by atoms with Gasteiger partial charge in [-0.15, -0.1) is 0 Å². The van der Waals surface area contributed by atoms with Crippen molar-refractivity contribution in [1.82, 2.24) is 0 Å². The molecule has 9 heavy (non-hydrogen) atoms. The summed E-state index contributed by atoms with van der Waals surface area (Å²) in [6, 6.07) is 0. The van der Waals surface area contributed by atoms with Crippen LogP contribution in [0.3, 0.4) is 0 Å². The number of hydrogen-bond acceptors (Lipinski definition) is 3. The van der Waals surface area contributed by atoms with Crippen LogP contribution in [-0.2, 0) is 4.74 Å². The van der Waals surface area contributed by atoms with Crippen molar-refractivity contribution in [3.63, 3.8) is 0 Å². The molecule has 1 rings (SSSR count). The molecule has 3 heteroatoms. The molecule has 0 saturated heterocycles. The highest BCUT2D eigenvalue weighted by Gasteiger charge is 2.08. The van der Waals surface area contributed by atoms with E-state index in [-0.39, 0.29) is 6.61 Å². The Hall–Kier alpha value is -0.800. The summed E-state index contributed by atoms with van der Waals surface area (Å²) < 4.78 is 4.85. The molecule has 0 aromatic heterocycles. The van der Waals surface area contributed by atoms with Crippen molar-refractivity contribution >= 4 is 0 Å². The summed E-state index contributed by atoms with van der Waals surface area (Å²) in [5.41, 5.74) is 6.09. The third-order valence-electron chi connectivity index (χ3n) is 1.16. The van der Waals surface area contributed by atoms with Gasteiger partial charge < -0.3 is 9.84 Å². The third kappa shape index (κ3) is 1.31. The van der Waals surface area contributed by atoms with Crippen molar-refractivity contribution in [1.29, 1.82) is 0 Å². The Morgan fingerprint density at radius 3 is 3.00 bits per heavy atom. The summed E-state index contributed by atoms with van der Waals surface area (Å²) >= 11 is 0. The predicted molar refractivity (Wildman–Crippen MR) is 33.4 cm³/mol. The standard InChI is InChI=1S/C6H9NO2/c7-6-5(4-8)2-1-3-9-6/h1-3,6,8H,4,7H2. The van der Waals surface area contributed by atoms with Gasteiger partial charge in [0.15, 0.2) is 6.23 Å². The Morgan fingerprint density at radius 1 is 1.78 bits per heavy atom. The van der Waals surface area contributed by atoms with E-state index in [1.54, 1.807) is 12.2 Å². The molecule has 1 heterocycles. The number of nitrogens with two attached hydrogens (primary N) is 1. The van der Waals surface area contributed by atoms with Crippen LogP contribution >= 0.6 is 0 Å². The molecule has 0 bridgehead atoms. The maximum Gasteiger partial charge on any atom is 0.171 e. The molecule has 3 nitrogen and oxygen atoms in total. The molecular weight excluding hydrogens is 118 g/mol. The first-order chi connectivity index (χ1) is 4.34. The second kappa shape index (κ2) is 2.66. The lowest BCUT2D eigenvalue weighted by Gasteiger charge is -2.15. The molecule has 1 unspecified atom stereocenters. The van der Waals surface area contributed by atoms with Crippen molar-refractivity contribution in [2.75, 3.05) is 6.61 Å². The molecule has 0 saturated carbocycles. The fraction of sp³-hybridized carbons (Fsp3) is 0.333. The van der Waals surface area contributed by atoms with E-state index in [1.807, 2.05) is 0 Å². The summed E-state index contributed by atoms with van der Waals surface area (Å²) in [4.78, 5) is 0. The van der Waals surface area contributed by atoms with E-state index in [1.165, 1.54) is 6.26 Å². The summed E-state index contributed by atoms with van der Waals surface area (Å²) in [7, 11) is 0. The molecule has 0 aromatic rings. The second-order valence-electron chi connectivity index (χ2n) is 1.78. The van der Waals surface area contributed by atoms with Gasteiger partial charge in [-0.3, -0.25) is 5.73 Å². The first kappa shape index (κ1) is 6.32. The largest absolute Gasteiger partial charge is 0.479 e. The Bertz CT molecular complexity index is 151. The fourth-order valence-corrected chi connectivity index (χ4v) is 0.618. The molecule has 1 atom stereocenters. The molecule has 0 radical (unpaired) electrons. The Kier molecular flexibility index (Phi) is 1.87. The number of aliphatic hydroxyl groups is 1. The minimum absolute atomic E-state index is 0.0362. The fourth-order valence-electron chi connectivity index (χ4n) is 0.618. The molecule has 50 valence electrons. The van der Waals surface area contributed by atoms with E-state index < -0.39 is 6.23 Å². The molecule has 0 aromatic carbocycles. The lowest BCUT2D eigenvalue weighted by molar-refractivity contribution is 0.160. The van der Waals surface area contributed by atoms with Crippen LogP contribution in [0.15, 0.2) is 24.0 Å². The van der Waals surface area contributed by atoms with E-state index in [4.69, 9.17) is 15.6 Å². The van der Waals surface area contributed by atoms with Gasteiger partial charge in [-0.25, -0.2) is 0 Å². The van der Waals surface area contributed by atoms with Gasteiger partial charge in [0.05, 0.1) is 12.9 Å². The van der Waals surface area contributed by atoms with Crippen LogP contribution in [0.2, 0.25) is 0 Å². The molecule has 1 aliphatic heterocycles. The van der Waals surface area contributed by atoms with E-state index in [0.717, 1.165) is 0 Å². The quantitative estimate of drug-likeness (QED) is 0.510. The van der Waals surface area contributed by atoms with Gasteiger partial charge >= 0.3 is 0 Å². The lowest BCUT2D eigenvalue weighted by Crippen LogP contribution is -2.27. The zero-order valence-electron chi connectivity index (χ0n) is 4.95. The highest BCUT2D eigenvalue weighted by molar-refractivity contribution is 5.18. The second-order valence-corrected chi connectivity index (χ2v) is 1.78. The van der Waals surface area contributed by atoms with Gasteiger partial charge in [-0.05, 0) is 6.08 Å². The number of rotatable bonds is 1. The SMILES string of the molecule is NC1OC=CC=C1CO. The highest BCUT2D eigenvalue weighted by atomic mass is 16.5. The predicted octanol–water partition coefficient (Wildman–Crippen LogP) is -0.266. The zero-order valence-corrected chi connectivity index (χ0v) is 4.95. The van der Waals surface area contributed by atoms with Crippen LogP contribution in [0.5, 0.6) is 0 Å². The van der Waals surface area contributed by atoms with Gasteiger partial charge in [-0.1, -0.05) is 6.08 Å². The minimum atomic E-state index is -0.458. The highest BCUT2D eigenvalue weighted by Crippen LogP contribution is 2.05.